The van der Waals surface area contributed by atoms with Gasteiger partial charge in [-0.25, -0.2) is 9.97 Å². The van der Waals surface area contributed by atoms with Gasteiger partial charge in [0.05, 0.1) is 17.1 Å². The van der Waals surface area contributed by atoms with Crippen molar-refractivity contribution < 1.29 is 14.3 Å². The zero-order chi connectivity index (χ0) is 25.7. The second-order valence-electron chi connectivity index (χ2n) is 8.67. The third-order valence-electron chi connectivity index (χ3n) is 6.13. The molecule has 0 aliphatic carbocycles. The first kappa shape index (κ1) is 25.3. The summed E-state index contributed by atoms with van der Waals surface area (Å²) in [5, 5.41) is 0.589. The van der Waals surface area contributed by atoms with E-state index in [1.807, 2.05) is 44.2 Å². The van der Waals surface area contributed by atoms with Crippen LogP contribution >= 0.6 is 11.6 Å². The lowest BCUT2D eigenvalue weighted by Crippen LogP contribution is -2.29. The summed E-state index contributed by atoms with van der Waals surface area (Å²) < 4.78 is 5.64. The number of ether oxygens (including phenoxy) is 1. The Balaban J connectivity index is 1.70. The van der Waals surface area contributed by atoms with Crippen LogP contribution in [0.15, 0.2) is 72.8 Å². The summed E-state index contributed by atoms with van der Waals surface area (Å²) in [6.07, 6.45) is 1.89. The Kier molecular flexibility index (Phi) is 7.96. The van der Waals surface area contributed by atoms with E-state index in [0.717, 1.165) is 24.0 Å². The average Bonchev–Trinajstić information content (AvgIpc) is 2.91. The number of benzene rings is 3. The van der Waals surface area contributed by atoms with Gasteiger partial charge in [0.15, 0.2) is 0 Å². The van der Waals surface area contributed by atoms with Crippen LogP contribution in [-0.2, 0) is 4.79 Å². The standard InChI is InChI=1S/C29H28ClN3O3/c1-4-5-11-26(34)36-28-27(21-12-15-23(30)16-13-21)31-24-17-14-22(18-25(24)32-28)29(35)33(3)19(2)20-9-7-6-8-10-20/h6-10,12-19H,4-5,11H2,1-3H3. The molecule has 1 unspecified atom stereocenters. The molecule has 1 amide bonds. The molecule has 1 atom stereocenters. The number of rotatable bonds is 8. The van der Waals surface area contributed by atoms with Crippen LogP contribution in [0.1, 0.15) is 55.1 Å². The summed E-state index contributed by atoms with van der Waals surface area (Å²) in [5.41, 5.74) is 3.75. The minimum atomic E-state index is -0.371. The maximum absolute atomic E-state index is 13.3. The van der Waals surface area contributed by atoms with Crippen molar-refractivity contribution in [2.24, 2.45) is 0 Å². The maximum atomic E-state index is 13.3. The molecule has 36 heavy (non-hydrogen) atoms. The number of nitrogens with zero attached hydrogens (tertiary/aromatic N) is 3. The molecule has 0 fully saturated rings. The molecule has 4 rings (SSSR count). The van der Waals surface area contributed by atoms with Crippen molar-refractivity contribution in [3.8, 4) is 17.1 Å². The number of hydrogen-bond acceptors (Lipinski definition) is 5. The minimum absolute atomic E-state index is 0.108. The SMILES string of the molecule is CCCCC(=O)Oc1nc2cc(C(=O)N(C)C(C)c3ccccc3)ccc2nc1-c1ccc(Cl)cc1. The van der Waals surface area contributed by atoms with Crippen molar-refractivity contribution in [3.05, 3.63) is 88.9 Å². The molecule has 0 N–H and O–H groups in total. The molecule has 3 aromatic carbocycles. The maximum Gasteiger partial charge on any atom is 0.312 e. The molecule has 0 saturated heterocycles. The number of amides is 1. The molecule has 4 aromatic rings. The van der Waals surface area contributed by atoms with Gasteiger partial charge < -0.3 is 9.64 Å². The molecule has 0 radical (unpaired) electrons. The summed E-state index contributed by atoms with van der Waals surface area (Å²) >= 11 is 6.05. The first-order chi connectivity index (χ1) is 17.4. The first-order valence-corrected chi connectivity index (χ1v) is 12.4. The lowest BCUT2D eigenvalue weighted by Gasteiger charge is -2.25. The second kappa shape index (κ2) is 11.3. The van der Waals surface area contributed by atoms with Crippen LogP contribution in [0, 0.1) is 0 Å². The highest BCUT2D eigenvalue weighted by Gasteiger charge is 2.21. The van der Waals surface area contributed by atoms with E-state index in [1.165, 1.54) is 0 Å². The van der Waals surface area contributed by atoms with Crippen molar-refractivity contribution >= 4 is 34.5 Å². The highest BCUT2D eigenvalue weighted by Crippen LogP contribution is 2.31. The number of fused-ring (bicyclic) bond motifs is 1. The quantitative estimate of drug-likeness (QED) is 0.246. The van der Waals surface area contributed by atoms with Gasteiger partial charge in [0, 0.05) is 29.6 Å². The smallest absolute Gasteiger partial charge is 0.312 e. The van der Waals surface area contributed by atoms with Gasteiger partial charge in [0.2, 0.25) is 5.88 Å². The highest BCUT2D eigenvalue weighted by molar-refractivity contribution is 6.30. The summed E-state index contributed by atoms with van der Waals surface area (Å²) in [7, 11) is 1.78. The summed E-state index contributed by atoms with van der Waals surface area (Å²) in [6.45, 7) is 4.00. The van der Waals surface area contributed by atoms with Gasteiger partial charge in [-0.3, -0.25) is 9.59 Å². The number of unbranched alkanes of at least 4 members (excludes halogenated alkanes) is 1. The third kappa shape index (κ3) is 5.71. The van der Waals surface area contributed by atoms with Gasteiger partial charge in [0.25, 0.3) is 5.91 Å². The highest BCUT2D eigenvalue weighted by atomic mass is 35.5. The molecular formula is C29H28ClN3O3. The molecule has 0 saturated carbocycles. The van der Waals surface area contributed by atoms with Gasteiger partial charge in [-0.2, -0.15) is 0 Å². The monoisotopic (exact) mass is 501 g/mol. The third-order valence-corrected chi connectivity index (χ3v) is 6.38. The average molecular weight is 502 g/mol. The Hall–Kier alpha value is -3.77. The van der Waals surface area contributed by atoms with E-state index >= 15 is 0 Å². The normalized spacial score (nSPS) is 11.8. The fraction of sp³-hybridized carbons (Fsp3) is 0.241. The molecule has 1 aromatic heterocycles. The van der Waals surface area contributed by atoms with Gasteiger partial charge in [-0.15, -0.1) is 0 Å². The number of carbonyl (C=O) groups excluding carboxylic acids is 2. The van der Waals surface area contributed by atoms with Gasteiger partial charge in [-0.1, -0.05) is 67.4 Å². The Morgan fingerprint density at radius 2 is 1.69 bits per heavy atom. The van der Waals surface area contributed by atoms with Crippen molar-refractivity contribution in [2.45, 2.75) is 39.2 Å². The topological polar surface area (TPSA) is 72.4 Å². The molecule has 6 nitrogen and oxygen atoms in total. The van der Waals surface area contributed by atoms with Crippen LogP contribution in [0.3, 0.4) is 0 Å². The predicted molar refractivity (Wildman–Crippen MR) is 142 cm³/mol. The van der Waals surface area contributed by atoms with E-state index in [-0.39, 0.29) is 30.2 Å². The zero-order valence-corrected chi connectivity index (χ0v) is 21.3. The molecule has 0 aliphatic rings. The number of carbonyl (C=O) groups is 2. The van der Waals surface area contributed by atoms with Crippen LogP contribution in [0.25, 0.3) is 22.3 Å². The lowest BCUT2D eigenvalue weighted by atomic mass is 10.1. The summed E-state index contributed by atoms with van der Waals surface area (Å²) in [4.78, 5) is 36.8. The molecule has 0 spiro atoms. The van der Waals surface area contributed by atoms with E-state index in [0.29, 0.717) is 27.3 Å². The Morgan fingerprint density at radius 1 is 0.972 bits per heavy atom. The van der Waals surface area contributed by atoms with Crippen molar-refractivity contribution in [2.75, 3.05) is 7.05 Å². The fourth-order valence-corrected chi connectivity index (χ4v) is 3.98. The van der Waals surface area contributed by atoms with Gasteiger partial charge in [0.1, 0.15) is 5.69 Å². The summed E-state index contributed by atoms with van der Waals surface area (Å²) in [6, 6.07) is 22.0. The Labute approximate surface area is 215 Å². The van der Waals surface area contributed by atoms with Crippen molar-refractivity contribution in [3.63, 3.8) is 0 Å². The number of hydrogen-bond donors (Lipinski definition) is 0. The largest absolute Gasteiger partial charge is 0.405 e. The van der Waals surface area contributed by atoms with Crippen molar-refractivity contribution in [1.29, 1.82) is 0 Å². The van der Waals surface area contributed by atoms with Gasteiger partial charge in [-0.05, 0) is 49.2 Å². The van der Waals surface area contributed by atoms with E-state index in [4.69, 9.17) is 21.3 Å². The number of halogens is 1. The van der Waals surface area contributed by atoms with Gasteiger partial charge >= 0.3 is 5.97 Å². The van der Waals surface area contributed by atoms with Crippen LogP contribution in [0.4, 0.5) is 0 Å². The molecule has 1 heterocycles. The molecular weight excluding hydrogens is 474 g/mol. The minimum Gasteiger partial charge on any atom is -0.405 e. The molecule has 0 aliphatic heterocycles. The second-order valence-corrected chi connectivity index (χ2v) is 9.10. The van der Waals surface area contributed by atoms with E-state index < -0.39 is 0 Å². The Bertz CT molecular complexity index is 1370. The zero-order valence-electron chi connectivity index (χ0n) is 20.6. The number of aromatic nitrogens is 2. The van der Waals surface area contributed by atoms with Crippen LogP contribution in [0.2, 0.25) is 5.02 Å². The van der Waals surface area contributed by atoms with E-state index in [2.05, 4.69) is 4.98 Å². The fourth-order valence-electron chi connectivity index (χ4n) is 3.85. The van der Waals surface area contributed by atoms with E-state index in [9.17, 15) is 9.59 Å². The lowest BCUT2D eigenvalue weighted by molar-refractivity contribution is -0.134. The van der Waals surface area contributed by atoms with Crippen LogP contribution < -0.4 is 4.74 Å². The Morgan fingerprint density at radius 3 is 2.39 bits per heavy atom. The molecule has 184 valence electrons. The molecule has 0 bridgehead atoms. The molecule has 7 heteroatoms. The first-order valence-electron chi connectivity index (χ1n) is 12.0. The van der Waals surface area contributed by atoms with E-state index in [1.54, 1.807) is 54.4 Å². The van der Waals surface area contributed by atoms with Crippen LogP contribution in [-0.4, -0.2) is 33.8 Å². The predicted octanol–water partition coefficient (Wildman–Crippen LogP) is 6.88. The summed E-state index contributed by atoms with van der Waals surface area (Å²) in [5.74, 6) is -0.399. The van der Waals surface area contributed by atoms with Crippen LogP contribution in [0.5, 0.6) is 5.88 Å². The van der Waals surface area contributed by atoms with Crippen molar-refractivity contribution in [1.82, 2.24) is 14.9 Å². The number of esters is 1.